The van der Waals surface area contributed by atoms with Gasteiger partial charge in [0.05, 0.1) is 6.61 Å². The Labute approximate surface area is 121 Å². The van der Waals surface area contributed by atoms with Crippen molar-refractivity contribution >= 4 is 35.0 Å². The van der Waals surface area contributed by atoms with E-state index in [1.165, 1.54) is 0 Å². The molecule has 1 aromatic rings. The van der Waals surface area contributed by atoms with Gasteiger partial charge < -0.3 is 4.74 Å². The number of hydrazine groups is 1. The predicted molar refractivity (Wildman–Crippen MR) is 77.5 cm³/mol. The summed E-state index contributed by atoms with van der Waals surface area (Å²) in [6.45, 7) is 1.79. The number of benzene rings is 1. The number of hydrogen-bond acceptors (Lipinski definition) is 5. The van der Waals surface area contributed by atoms with E-state index in [9.17, 15) is 9.59 Å². The Morgan fingerprint density at radius 3 is 2.50 bits per heavy atom. The number of nitrogens with one attached hydrogen (secondary N) is 3. The maximum Gasteiger partial charge on any atom is 0.350 e. The molecule has 7 heteroatoms. The van der Waals surface area contributed by atoms with Gasteiger partial charge in [0.1, 0.15) is 4.99 Å². The molecule has 0 heterocycles. The van der Waals surface area contributed by atoms with Gasteiger partial charge in [0.25, 0.3) is 5.91 Å². The highest BCUT2D eigenvalue weighted by molar-refractivity contribution is 7.80. The van der Waals surface area contributed by atoms with Crippen LogP contribution in [0.1, 0.15) is 17.3 Å². The van der Waals surface area contributed by atoms with Gasteiger partial charge in [-0.2, -0.15) is 0 Å². The number of ether oxygens (including phenoxy) is 1. The highest BCUT2D eigenvalue weighted by Crippen LogP contribution is 1.98. The summed E-state index contributed by atoms with van der Waals surface area (Å²) in [6, 6.07) is 8.46. The zero-order valence-electron chi connectivity index (χ0n) is 10.7. The van der Waals surface area contributed by atoms with E-state index in [1.807, 2.05) is 5.87 Å². The highest BCUT2D eigenvalue weighted by Gasteiger charge is 2.16. The third kappa shape index (κ3) is 4.31. The number of carbonyl (C=O) groups is 2. The normalized spacial score (nSPS) is 9.05. The lowest BCUT2D eigenvalue weighted by Crippen LogP contribution is -2.42. The van der Waals surface area contributed by atoms with Gasteiger partial charge in [-0.15, -0.1) is 0 Å². The Kier molecular flexibility index (Phi) is 6.09. The van der Waals surface area contributed by atoms with Gasteiger partial charge in [-0.3, -0.25) is 21.1 Å². The molecule has 0 aromatic heterocycles. The first-order chi connectivity index (χ1) is 9.60. The van der Waals surface area contributed by atoms with Crippen LogP contribution < -0.4 is 10.9 Å². The molecular formula is C13H13N3O3S. The summed E-state index contributed by atoms with van der Waals surface area (Å²) in [7, 11) is 0. The van der Waals surface area contributed by atoms with Crippen LogP contribution in [0, 0.1) is 5.41 Å². The van der Waals surface area contributed by atoms with Crippen LogP contribution in [0.25, 0.3) is 0 Å². The number of thiocarbonyl (C=S) groups is 1. The summed E-state index contributed by atoms with van der Waals surface area (Å²) in [5.41, 5.74) is 4.89. The first-order valence-electron chi connectivity index (χ1n) is 5.72. The Balaban J connectivity index is 2.61. The van der Waals surface area contributed by atoms with Crippen LogP contribution in [0.2, 0.25) is 0 Å². The molecule has 0 radical (unpaired) electrons. The van der Waals surface area contributed by atoms with Crippen LogP contribution in [0.15, 0.2) is 35.9 Å². The predicted octanol–water partition coefficient (Wildman–Crippen LogP) is 0.986. The molecule has 3 N–H and O–H groups in total. The van der Waals surface area contributed by atoms with E-state index in [0.29, 0.717) is 5.56 Å². The van der Waals surface area contributed by atoms with Crippen LogP contribution in [0.4, 0.5) is 0 Å². The maximum absolute atomic E-state index is 11.7. The second-order valence-corrected chi connectivity index (χ2v) is 3.90. The Hall–Kier alpha value is -2.50. The van der Waals surface area contributed by atoms with Gasteiger partial charge in [-0.05, 0) is 24.9 Å². The fraction of sp³-hybridized carbons (Fsp3) is 0.154. The molecule has 0 aliphatic carbocycles. The van der Waals surface area contributed by atoms with Crippen LogP contribution in [-0.4, -0.2) is 29.3 Å². The average molecular weight is 291 g/mol. The smallest absolute Gasteiger partial charge is 0.350 e. The minimum atomic E-state index is -0.769. The molecular weight excluding hydrogens is 278 g/mol. The van der Waals surface area contributed by atoms with Crippen LogP contribution in [0.3, 0.4) is 0 Å². The Bertz CT molecular complexity index is 565. The standard InChI is InChI=1S/C13H13N3O3S/c1-2-19-13(18)10(8-14)12(20)16-15-11(17)9-6-4-3-5-7-9/h3-7,14H,2H2,1H3,(H,15,17)(H,16,20). The minimum absolute atomic E-state index is 0.136. The van der Waals surface area contributed by atoms with Crippen molar-refractivity contribution in [1.82, 2.24) is 10.9 Å². The topological polar surface area (TPSA) is 91.3 Å². The van der Waals surface area contributed by atoms with E-state index < -0.39 is 11.9 Å². The lowest BCUT2D eigenvalue weighted by molar-refractivity contribution is -0.137. The zero-order valence-corrected chi connectivity index (χ0v) is 11.5. The lowest BCUT2D eigenvalue weighted by Gasteiger charge is -2.10. The summed E-state index contributed by atoms with van der Waals surface area (Å²) in [5.74, 6) is 0.702. The SMILES string of the molecule is CCOC(=O)C(=C=N)C(=S)NNC(=O)c1ccccc1. The Morgan fingerprint density at radius 2 is 1.95 bits per heavy atom. The second-order valence-electron chi connectivity index (χ2n) is 3.49. The van der Waals surface area contributed by atoms with E-state index >= 15 is 0 Å². The zero-order chi connectivity index (χ0) is 15.0. The summed E-state index contributed by atoms with van der Waals surface area (Å²) >= 11 is 4.89. The minimum Gasteiger partial charge on any atom is -0.462 e. The fourth-order valence-electron chi connectivity index (χ4n) is 1.24. The van der Waals surface area contributed by atoms with E-state index in [1.54, 1.807) is 37.3 Å². The van der Waals surface area contributed by atoms with Gasteiger partial charge in [0.2, 0.25) is 0 Å². The fourth-order valence-corrected chi connectivity index (χ4v) is 1.43. The number of hydrogen-bond donors (Lipinski definition) is 3. The number of esters is 1. The molecule has 0 atom stereocenters. The van der Waals surface area contributed by atoms with Crippen molar-refractivity contribution in [1.29, 1.82) is 5.41 Å². The van der Waals surface area contributed by atoms with E-state index in [4.69, 9.17) is 22.4 Å². The van der Waals surface area contributed by atoms with Gasteiger partial charge in [-0.1, -0.05) is 30.4 Å². The van der Waals surface area contributed by atoms with Crippen molar-refractivity contribution in [3.05, 3.63) is 41.5 Å². The van der Waals surface area contributed by atoms with Crippen LogP contribution in [-0.2, 0) is 9.53 Å². The number of carbonyl (C=O) groups excluding carboxylic acids is 2. The van der Waals surface area contributed by atoms with Crippen molar-refractivity contribution in [2.45, 2.75) is 6.92 Å². The van der Waals surface area contributed by atoms with Crippen molar-refractivity contribution in [3.8, 4) is 0 Å². The summed E-state index contributed by atoms with van der Waals surface area (Å²) < 4.78 is 4.71. The molecule has 0 bridgehead atoms. The van der Waals surface area contributed by atoms with Gasteiger partial charge in [0, 0.05) is 5.56 Å². The quantitative estimate of drug-likeness (QED) is 0.253. The van der Waals surface area contributed by atoms with Crippen molar-refractivity contribution in [2.75, 3.05) is 6.61 Å². The third-order valence-corrected chi connectivity index (χ3v) is 2.46. The second kappa shape index (κ2) is 7.83. The van der Waals surface area contributed by atoms with E-state index in [0.717, 1.165) is 0 Å². The number of amides is 1. The molecule has 0 saturated carbocycles. The summed E-state index contributed by atoms with van der Waals surface area (Å²) in [6.07, 6.45) is 0. The molecule has 0 spiro atoms. The molecule has 20 heavy (non-hydrogen) atoms. The summed E-state index contributed by atoms with van der Waals surface area (Å²) in [5, 5.41) is 7.02. The van der Waals surface area contributed by atoms with Crippen molar-refractivity contribution in [2.24, 2.45) is 0 Å². The summed E-state index contributed by atoms with van der Waals surface area (Å²) in [4.78, 5) is 23.0. The van der Waals surface area contributed by atoms with Gasteiger partial charge in [-0.25, -0.2) is 4.79 Å². The third-order valence-electron chi connectivity index (χ3n) is 2.16. The van der Waals surface area contributed by atoms with Crippen molar-refractivity contribution in [3.63, 3.8) is 0 Å². The van der Waals surface area contributed by atoms with Gasteiger partial charge in [0.15, 0.2) is 5.57 Å². The molecule has 1 rings (SSSR count). The molecule has 104 valence electrons. The first-order valence-corrected chi connectivity index (χ1v) is 6.13. The number of rotatable bonds is 4. The molecule has 6 nitrogen and oxygen atoms in total. The highest BCUT2D eigenvalue weighted by atomic mass is 32.1. The van der Waals surface area contributed by atoms with Crippen LogP contribution >= 0.6 is 12.2 Å². The molecule has 1 amide bonds. The molecule has 0 saturated heterocycles. The van der Waals surface area contributed by atoms with E-state index in [-0.39, 0.29) is 17.2 Å². The lowest BCUT2D eigenvalue weighted by atomic mass is 10.2. The maximum atomic E-state index is 11.7. The van der Waals surface area contributed by atoms with Gasteiger partial charge >= 0.3 is 5.97 Å². The first kappa shape index (κ1) is 15.6. The largest absolute Gasteiger partial charge is 0.462 e. The monoisotopic (exact) mass is 291 g/mol. The molecule has 0 aliphatic heterocycles. The van der Waals surface area contributed by atoms with Crippen molar-refractivity contribution < 1.29 is 14.3 Å². The van der Waals surface area contributed by atoms with Crippen LogP contribution in [0.5, 0.6) is 0 Å². The Morgan fingerprint density at radius 1 is 1.30 bits per heavy atom. The molecule has 0 unspecified atom stereocenters. The van der Waals surface area contributed by atoms with E-state index in [2.05, 4.69) is 10.9 Å². The molecule has 1 aromatic carbocycles. The average Bonchev–Trinajstić information content (AvgIpc) is 2.46. The molecule has 0 aliphatic rings. The molecule has 0 fully saturated rings.